The predicted octanol–water partition coefficient (Wildman–Crippen LogP) is -0.219. The smallest absolute Gasteiger partial charge is 0.239 e. The second-order valence-corrected chi connectivity index (χ2v) is 8.26. The largest absolute Gasteiger partial charge is 0.504 e. The molecule has 0 bridgehead atoms. The third-order valence-corrected chi connectivity index (χ3v) is 6.09. The molecule has 4 rings (SSSR count). The topological polar surface area (TPSA) is 218 Å². The van der Waals surface area contributed by atoms with E-state index in [2.05, 4.69) is 0 Å². The van der Waals surface area contributed by atoms with Gasteiger partial charge in [-0.2, -0.15) is 0 Å². The highest BCUT2D eigenvalue weighted by atomic mass is 16.7. The molecule has 1 fully saturated rings. The molecule has 14 nitrogen and oxygen atoms in total. The fraction of sp³-hybridized carbons (Fsp3) is 0.375. The summed E-state index contributed by atoms with van der Waals surface area (Å²) in [5.41, 5.74) is -1.43. The van der Waals surface area contributed by atoms with Crippen molar-refractivity contribution >= 4 is 11.0 Å². The second-order valence-electron chi connectivity index (χ2n) is 8.26. The quantitative estimate of drug-likeness (QED) is 0.207. The Hall–Kier alpha value is -3.95. The van der Waals surface area contributed by atoms with Crippen LogP contribution < -0.4 is 24.4 Å². The molecular formula is C24H26O14. The molecule has 0 spiro atoms. The van der Waals surface area contributed by atoms with E-state index in [9.17, 15) is 40.5 Å². The minimum atomic E-state index is -1.89. The standard InChI is InChI=1S/C24H26O14/c1-33-10-5-4-8(6-9(10)26)19-23(38-24-17(31)16(30)13(27)11(7-25)36-24)15(29)12-14(28)21(34-2)18(32)22(35-3)20(12)37-19/h4-6,11,13,16-17,24-28,30-32H,7H2,1-3H3/t11-,13-,16+,17-,24-/m1/s1. The Morgan fingerprint density at radius 3 is 2.13 bits per heavy atom. The van der Waals surface area contributed by atoms with Gasteiger partial charge in [-0.1, -0.05) is 0 Å². The van der Waals surface area contributed by atoms with E-state index < -0.39 is 76.7 Å². The van der Waals surface area contributed by atoms with Crippen LogP contribution in [0.15, 0.2) is 27.4 Å². The van der Waals surface area contributed by atoms with Crippen LogP contribution in [0.5, 0.6) is 40.2 Å². The van der Waals surface area contributed by atoms with E-state index in [1.165, 1.54) is 32.4 Å². The first-order valence-electron chi connectivity index (χ1n) is 11.1. The van der Waals surface area contributed by atoms with Gasteiger partial charge in [0, 0.05) is 5.56 Å². The van der Waals surface area contributed by atoms with Crippen molar-refractivity contribution in [3.63, 3.8) is 0 Å². The van der Waals surface area contributed by atoms with E-state index in [4.69, 9.17) is 28.1 Å². The van der Waals surface area contributed by atoms with Crippen LogP contribution in [0.1, 0.15) is 0 Å². The molecule has 2 heterocycles. The lowest BCUT2D eigenvalue weighted by atomic mass is 9.99. The van der Waals surface area contributed by atoms with E-state index in [0.29, 0.717) is 0 Å². The first kappa shape index (κ1) is 27.1. The summed E-state index contributed by atoms with van der Waals surface area (Å²) in [5.74, 6) is -3.67. The number of aliphatic hydroxyl groups excluding tert-OH is 4. The van der Waals surface area contributed by atoms with E-state index in [0.717, 1.165) is 7.11 Å². The summed E-state index contributed by atoms with van der Waals surface area (Å²) in [6.07, 6.45) is -8.57. The number of rotatable bonds is 7. The fourth-order valence-corrected chi connectivity index (χ4v) is 4.12. The number of hydrogen-bond acceptors (Lipinski definition) is 14. The van der Waals surface area contributed by atoms with Gasteiger partial charge in [-0.15, -0.1) is 0 Å². The van der Waals surface area contributed by atoms with Crippen molar-refractivity contribution in [3.05, 3.63) is 28.4 Å². The SMILES string of the molecule is COc1ccc(-c2oc3c(OC)c(O)c(OC)c(O)c3c(=O)c2O[C@H]2O[C@H](CO)[C@@H](O)[C@H](O)[C@H]2O)cc1O. The van der Waals surface area contributed by atoms with E-state index in [1.54, 1.807) is 0 Å². The van der Waals surface area contributed by atoms with Crippen molar-refractivity contribution in [1.29, 1.82) is 0 Å². The van der Waals surface area contributed by atoms with Gasteiger partial charge in [-0.3, -0.25) is 4.79 Å². The Bertz CT molecular complexity index is 1400. The monoisotopic (exact) mass is 538 g/mol. The molecule has 5 atom stereocenters. The molecule has 1 aliphatic heterocycles. The maximum absolute atomic E-state index is 13.8. The van der Waals surface area contributed by atoms with Gasteiger partial charge in [0.1, 0.15) is 29.8 Å². The number of ether oxygens (including phenoxy) is 5. The zero-order chi connectivity index (χ0) is 27.9. The zero-order valence-corrected chi connectivity index (χ0v) is 20.3. The van der Waals surface area contributed by atoms with Crippen LogP contribution in [-0.2, 0) is 4.74 Å². The number of phenols is 3. The number of hydrogen-bond donors (Lipinski definition) is 7. The van der Waals surface area contributed by atoms with Gasteiger partial charge in [0.25, 0.3) is 0 Å². The number of phenolic OH excluding ortho intramolecular Hbond substituents is 3. The molecule has 0 saturated carbocycles. The number of aromatic hydroxyl groups is 3. The van der Waals surface area contributed by atoms with E-state index >= 15 is 0 Å². The summed E-state index contributed by atoms with van der Waals surface area (Å²) in [6.45, 7) is -0.759. The van der Waals surface area contributed by atoms with Crippen molar-refractivity contribution in [3.8, 4) is 51.6 Å². The van der Waals surface area contributed by atoms with E-state index in [1.807, 2.05) is 0 Å². The minimum Gasteiger partial charge on any atom is -0.504 e. The Morgan fingerprint density at radius 2 is 1.55 bits per heavy atom. The third kappa shape index (κ3) is 4.27. The highest BCUT2D eigenvalue weighted by molar-refractivity contribution is 5.96. The predicted molar refractivity (Wildman–Crippen MR) is 127 cm³/mol. The van der Waals surface area contributed by atoms with Gasteiger partial charge < -0.3 is 63.8 Å². The third-order valence-electron chi connectivity index (χ3n) is 6.09. The molecule has 0 radical (unpaired) electrons. The first-order chi connectivity index (χ1) is 18.1. The number of aliphatic hydroxyl groups is 4. The highest BCUT2D eigenvalue weighted by Crippen LogP contribution is 2.50. The van der Waals surface area contributed by atoms with Gasteiger partial charge >= 0.3 is 0 Å². The molecule has 14 heteroatoms. The van der Waals surface area contributed by atoms with Crippen LogP contribution in [0, 0.1) is 0 Å². The number of fused-ring (bicyclic) bond motifs is 1. The maximum Gasteiger partial charge on any atom is 0.239 e. The van der Waals surface area contributed by atoms with Gasteiger partial charge in [0.05, 0.1) is 27.9 Å². The maximum atomic E-state index is 13.8. The van der Waals surface area contributed by atoms with Crippen molar-refractivity contribution in [2.45, 2.75) is 30.7 Å². The second kappa shape index (κ2) is 10.4. The van der Waals surface area contributed by atoms with Crippen LogP contribution in [0.25, 0.3) is 22.3 Å². The minimum absolute atomic E-state index is 0.0405. The van der Waals surface area contributed by atoms with Crippen LogP contribution in [0.2, 0.25) is 0 Å². The molecule has 2 aromatic carbocycles. The van der Waals surface area contributed by atoms with Crippen LogP contribution in [0.4, 0.5) is 0 Å². The molecule has 206 valence electrons. The van der Waals surface area contributed by atoms with Crippen molar-refractivity contribution in [2.75, 3.05) is 27.9 Å². The summed E-state index contributed by atoms with van der Waals surface area (Å²) in [4.78, 5) is 13.8. The zero-order valence-electron chi connectivity index (χ0n) is 20.3. The molecular weight excluding hydrogens is 512 g/mol. The molecule has 0 unspecified atom stereocenters. The van der Waals surface area contributed by atoms with Crippen molar-refractivity contribution in [2.24, 2.45) is 0 Å². The lowest BCUT2D eigenvalue weighted by Gasteiger charge is -2.39. The molecule has 0 amide bonds. The number of benzene rings is 2. The lowest BCUT2D eigenvalue weighted by Crippen LogP contribution is -2.60. The Balaban J connectivity index is 2.02. The molecule has 1 aromatic heterocycles. The molecule has 7 N–H and O–H groups in total. The van der Waals surface area contributed by atoms with Gasteiger partial charge in [0.2, 0.25) is 34.7 Å². The molecule has 0 aliphatic carbocycles. The first-order valence-corrected chi connectivity index (χ1v) is 11.1. The number of methoxy groups -OCH3 is 3. The molecule has 38 heavy (non-hydrogen) atoms. The normalized spacial score (nSPS) is 23.3. The van der Waals surface area contributed by atoms with E-state index in [-0.39, 0.29) is 28.6 Å². The molecule has 1 aliphatic rings. The summed E-state index contributed by atoms with van der Waals surface area (Å²) < 4.78 is 32.1. The summed E-state index contributed by atoms with van der Waals surface area (Å²) in [5, 5.41) is 71.2. The van der Waals surface area contributed by atoms with Gasteiger partial charge in [0.15, 0.2) is 28.6 Å². The average molecular weight is 538 g/mol. The summed E-state index contributed by atoms with van der Waals surface area (Å²) in [7, 11) is 3.62. The molecule has 1 saturated heterocycles. The summed E-state index contributed by atoms with van der Waals surface area (Å²) >= 11 is 0. The van der Waals surface area contributed by atoms with Gasteiger partial charge in [-0.05, 0) is 18.2 Å². The van der Waals surface area contributed by atoms with Crippen molar-refractivity contribution in [1.82, 2.24) is 0 Å². The Labute approximate surface area is 214 Å². The van der Waals surface area contributed by atoms with Crippen LogP contribution in [0.3, 0.4) is 0 Å². The lowest BCUT2D eigenvalue weighted by molar-refractivity contribution is -0.277. The average Bonchev–Trinajstić information content (AvgIpc) is 2.90. The molecule has 3 aromatic rings. The Morgan fingerprint density at radius 1 is 0.868 bits per heavy atom. The highest BCUT2D eigenvalue weighted by Gasteiger charge is 2.45. The fourth-order valence-electron chi connectivity index (χ4n) is 4.12. The van der Waals surface area contributed by atoms with Gasteiger partial charge in [-0.25, -0.2) is 0 Å². The summed E-state index contributed by atoms with van der Waals surface area (Å²) in [6, 6.07) is 3.91. The van der Waals surface area contributed by atoms with Crippen molar-refractivity contribution < 1.29 is 63.8 Å². The Kier molecular flexibility index (Phi) is 7.44. The van der Waals surface area contributed by atoms with Crippen LogP contribution >= 0.6 is 0 Å². The van der Waals surface area contributed by atoms with Crippen LogP contribution in [-0.4, -0.2) is 94.4 Å².